The van der Waals surface area contributed by atoms with Gasteiger partial charge in [-0.25, -0.2) is 9.78 Å². The van der Waals surface area contributed by atoms with Gasteiger partial charge in [0.15, 0.2) is 5.82 Å². The van der Waals surface area contributed by atoms with Crippen LogP contribution in [0.3, 0.4) is 0 Å². The van der Waals surface area contributed by atoms with Crippen LogP contribution in [-0.4, -0.2) is 33.9 Å². The maximum Gasteiger partial charge on any atom is 0.319 e. The minimum Gasteiger partial charge on any atom is -0.355 e. The highest BCUT2D eigenvalue weighted by molar-refractivity contribution is 5.92. The van der Waals surface area contributed by atoms with E-state index in [0.29, 0.717) is 0 Å². The average Bonchev–Trinajstić information content (AvgIpc) is 3.19. The van der Waals surface area contributed by atoms with Gasteiger partial charge in [-0.1, -0.05) is 0 Å². The molecular formula is C17H24N6O. The molecule has 2 N–H and O–H groups in total. The van der Waals surface area contributed by atoms with E-state index < -0.39 is 0 Å². The molecule has 3 heterocycles. The largest absolute Gasteiger partial charge is 0.355 e. The molecule has 128 valence electrons. The number of amides is 2. The molecule has 1 aliphatic heterocycles. The molecular weight excluding hydrogens is 304 g/mol. The van der Waals surface area contributed by atoms with Crippen molar-refractivity contribution in [1.29, 1.82) is 0 Å². The third-order valence-corrected chi connectivity index (χ3v) is 4.53. The quantitative estimate of drug-likeness (QED) is 0.904. The smallest absolute Gasteiger partial charge is 0.319 e. The SMILES string of the molecule is Cc1c([C@@H](C)NC(=O)Nc2cccnc2N2CCCC2)cnn1C. The first-order valence-corrected chi connectivity index (χ1v) is 8.32. The van der Waals surface area contributed by atoms with Gasteiger partial charge in [0.1, 0.15) is 0 Å². The molecule has 0 bridgehead atoms. The number of carbonyl (C=O) groups is 1. The van der Waals surface area contributed by atoms with E-state index in [4.69, 9.17) is 0 Å². The van der Waals surface area contributed by atoms with Crippen molar-refractivity contribution in [3.63, 3.8) is 0 Å². The Kier molecular flexibility index (Phi) is 4.69. The Morgan fingerprint density at radius 2 is 2.08 bits per heavy atom. The van der Waals surface area contributed by atoms with E-state index >= 15 is 0 Å². The molecule has 0 unspecified atom stereocenters. The fraction of sp³-hybridized carbons (Fsp3) is 0.471. The van der Waals surface area contributed by atoms with Crippen molar-refractivity contribution in [2.75, 3.05) is 23.3 Å². The number of nitrogens with zero attached hydrogens (tertiary/aromatic N) is 4. The summed E-state index contributed by atoms with van der Waals surface area (Å²) in [7, 11) is 1.89. The lowest BCUT2D eigenvalue weighted by atomic mass is 10.1. The average molecular weight is 328 g/mol. The zero-order valence-electron chi connectivity index (χ0n) is 14.4. The molecule has 0 saturated carbocycles. The molecule has 2 aromatic rings. The molecule has 0 spiro atoms. The highest BCUT2D eigenvalue weighted by atomic mass is 16.2. The Bertz CT molecular complexity index is 720. The number of urea groups is 1. The predicted molar refractivity (Wildman–Crippen MR) is 94.2 cm³/mol. The van der Waals surface area contributed by atoms with Gasteiger partial charge in [0.05, 0.1) is 17.9 Å². The van der Waals surface area contributed by atoms with E-state index in [2.05, 4.69) is 25.6 Å². The standard InChI is InChI=1S/C17H24N6O/c1-12(14-11-19-22(3)13(14)2)20-17(24)21-15-7-6-8-18-16(15)23-9-4-5-10-23/h6-8,11-12H,4-5,9-10H2,1-3H3,(H2,20,21,24)/t12-/m1/s1. The van der Waals surface area contributed by atoms with Crippen LogP contribution in [0.2, 0.25) is 0 Å². The van der Waals surface area contributed by atoms with Crippen LogP contribution in [0.5, 0.6) is 0 Å². The van der Waals surface area contributed by atoms with E-state index in [1.165, 1.54) is 12.8 Å². The van der Waals surface area contributed by atoms with Crippen LogP contribution in [0.15, 0.2) is 24.5 Å². The molecule has 24 heavy (non-hydrogen) atoms. The molecule has 0 aliphatic carbocycles. The van der Waals surface area contributed by atoms with Crippen LogP contribution in [0.25, 0.3) is 0 Å². The molecule has 2 amide bonds. The number of rotatable bonds is 4. The Morgan fingerprint density at radius 3 is 2.75 bits per heavy atom. The fourth-order valence-electron chi connectivity index (χ4n) is 3.05. The van der Waals surface area contributed by atoms with E-state index in [9.17, 15) is 4.79 Å². The lowest BCUT2D eigenvalue weighted by Crippen LogP contribution is -2.32. The molecule has 1 fully saturated rings. The van der Waals surface area contributed by atoms with Crippen molar-refractivity contribution in [3.05, 3.63) is 35.8 Å². The lowest BCUT2D eigenvalue weighted by Gasteiger charge is -2.21. The van der Waals surface area contributed by atoms with Crippen molar-refractivity contribution in [1.82, 2.24) is 20.1 Å². The first kappa shape index (κ1) is 16.3. The maximum atomic E-state index is 12.4. The Labute approximate surface area is 142 Å². The molecule has 1 atom stereocenters. The number of aryl methyl sites for hydroxylation is 1. The maximum absolute atomic E-state index is 12.4. The topological polar surface area (TPSA) is 75.1 Å². The van der Waals surface area contributed by atoms with Gasteiger partial charge >= 0.3 is 6.03 Å². The van der Waals surface area contributed by atoms with E-state index in [-0.39, 0.29) is 12.1 Å². The summed E-state index contributed by atoms with van der Waals surface area (Å²) in [5.74, 6) is 0.843. The second-order valence-corrected chi connectivity index (χ2v) is 6.20. The molecule has 7 heteroatoms. The first-order chi connectivity index (χ1) is 11.6. The summed E-state index contributed by atoms with van der Waals surface area (Å²) in [4.78, 5) is 19.0. The van der Waals surface area contributed by atoms with Gasteiger partial charge < -0.3 is 15.5 Å². The normalized spacial score (nSPS) is 15.4. The van der Waals surface area contributed by atoms with Crippen LogP contribution in [-0.2, 0) is 7.05 Å². The summed E-state index contributed by atoms with van der Waals surface area (Å²) in [5, 5.41) is 10.1. The van der Waals surface area contributed by atoms with E-state index in [1.54, 1.807) is 17.1 Å². The summed E-state index contributed by atoms with van der Waals surface area (Å²) in [6.45, 7) is 5.91. The number of anilines is 2. The van der Waals surface area contributed by atoms with Crippen molar-refractivity contribution in [2.24, 2.45) is 7.05 Å². The number of hydrogen-bond acceptors (Lipinski definition) is 4. The number of nitrogens with one attached hydrogen (secondary N) is 2. The van der Waals surface area contributed by atoms with Crippen molar-refractivity contribution < 1.29 is 4.79 Å². The summed E-state index contributed by atoms with van der Waals surface area (Å²) >= 11 is 0. The summed E-state index contributed by atoms with van der Waals surface area (Å²) in [5.41, 5.74) is 2.80. The van der Waals surface area contributed by atoms with Gasteiger partial charge in [-0.2, -0.15) is 5.10 Å². The molecule has 0 radical (unpaired) electrons. The molecule has 2 aromatic heterocycles. The second kappa shape index (κ2) is 6.90. The number of carbonyl (C=O) groups excluding carboxylic acids is 1. The molecule has 1 saturated heterocycles. The zero-order chi connectivity index (χ0) is 17.1. The van der Waals surface area contributed by atoms with Crippen LogP contribution in [0, 0.1) is 6.92 Å². The van der Waals surface area contributed by atoms with Crippen LogP contribution in [0.4, 0.5) is 16.3 Å². The van der Waals surface area contributed by atoms with Crippen molar-refractivity contribution >= 4 is 17.5 Å². The highest BCUT2D eigenvalue weighted by Gasteiger charge is 2.19. The fourth-order valence-corrected chi connectivity index (χ4v) is 3.05. The van der Waals surface area contributed by atoms with Crippen LogP contribution in [0.1, 0.15) is 37.1 Å². The third kappa shape index (κ3) is 3.34. The van der Waals surface area contributed by atoms with E-state index in [0.717, 1.165) is 35.9 Å². The van der Waals surface area contributed by atoms with Crippen LogP contribution >= 0.6 is 0 Å². The molecule has 7 nitrogen and oxygen atoms in total. The first-order valence-electron chi connectivity index (χ1n) is 8.32. The highest BCUT2D eigenvalue weighted by Crippen LogP contribution is 2.26. The van der Waals surface area contributed by atoms with Gasteiger partial charge in [-0.05, 0) is 38.8 Å². The number of hydrogen-bond donors (Lipinski definition) is 2. The molecule has 3 rings (SSSR count). The van der Waals surface area contributed by atoms with Gasteiger partial charge in [0, 0.05) is 37.6 Å². The van der Waals surface area contributed by atoms with Crippen molar-refractivity contribution in [2.45, 2.75) is 32.7 Å². The third-order valence-electron chi connectivity index (χ3n) is 4.53. The van der Waals surface area contributed by atoms with Gasteiger partial charge in [-0.3, -0.25) is 4.68 Å². The van der Waals surface area contributed by atoms with Crippen LogP contribution < -0.4 is 15.5 Å². The minimum atomic E-state index is -0.237. The Balaban J connectivity index is 1.68. The summed E-state index contributed by atoms with van der Waals surface area (Å²) in [6.07, 6.45) is 5.89. The Morgan fingerprint density at radius 1 is 1.33 bits per heavy atom. The molecule has 0 aromatic carbocycles. The van der Waals surface area contributed by atoms with Gasteiger partial charge in [0.25, 0.3) is 0 Å². The Hall–Kier alpha value is -2.57. The zero-order valence-corrected chi connectivity index (χ0v) is 14.4. The van der Waals surface area contributed by atoms with Gasteiger partial charge in [0.2, 0.25) is 0 Å². The molecule has 1 aliphatic rings. The summed E-state index contributed by atoms with van der Waals surface area (Å²) < 4.78 is 1.80. The number of aromatic nitrogens is 3. The minimum absolute atomic E-state index is 0.120. The number of pyridine rings is 1. The second-order valence-electron chi connectivity index (χ2n) is 6.20. The van der Waals surface area contributed by atoms with E-state index in [1.807, 2.05) is 33.0 Å². The van der Waals surface area contributed by atoms with Gasteiger partial charge in [-0.15, -0.1) is 0 Å². The monoisotopic (exact) mass is 328 g/mol. The predicted octanol–water partition coefficient (Wildman–Crippen LogP) is 2.61. The van der Waals surface area contributed by atoms with Crippen molar-refractivity contribution in [3.8, 4) is 0 Å². The lowest BCUT2D eigenvalue weighted by molar-refractivity contribution is 0.249. The summed E-state index contributed by atoms with van der Waals surface area (Å²) in [6, 6.07) is 3.37.